The van der Waals surface area contributed by atoms with E-state index in [1.54, 1.807) is 0 Å². The van der Waals surface area contributed by atoms with Crippen molar-refractivity contribution < 1.29 is 13.7 Å². The van der Waals surface area contributed by atoms with Gasteiger partial charge in [-0.3, -0.25) is 4.79 Å². The summed E-state index contributed by atoms with van der Waals surface area (Å²) in [4.78, 5) is 22.1. The molecular formula is C8H11B2N2O3S. The predicted molar refractivity (Wildman–Crippen MR) is 63.5 cm³/mol. The third-order valence-electron chi connectivity index (χ3n) is 2.04. The fourth-order valence-electron chi connectivity index (χ4n) is 1.12. The summed E-state index contributed by atoms with van der Waals surface area (Å²) in [6, 6.07) is -0.822. The molecule has 0 spiro atoms. The highest BCUT2D eigenvalue weighted by atomic mass is 32.2. The molecule has 5 nitrogen and oxygen atoms in total. The lowest BCUT2D eigenvalue weighted by molar-refractivity contribution is -0.112. The van der Waals surface area contributed by atoms with E-state index in [1.165, 1.54) is 7.62 Å². The fourth-order valence-corrected chi connectivity index (χ4v) is 1.59. The minimum atomic E-state index is -0.484. The molecule has 0 aliphatic carbocycles. The van der Waals surface area contributed by atoms with Crippen molar-refractivity contribution in [1.29, 1.82) is 0 Å². The van der Waals surface area contributed by atoms with E-state index in [-0.39, 0.29) is 11.2 Å². The normalized spacial score (nSPS) is 29.9. The van der Waals surface area contributed by atoms with E-state index in [0.717, 1.165) is 6.29 Å². The van der Waals surface area contributed by atoms with Crippen LogP contribution in [-0.4, -0.2) is 39.1 Å². The van der Waals surface area contributed by atoms with Crippen molar-refractivity contribution in [3.05, 3.63) is 12.2 Å². The Morgan fingerprint density at radius 2 is 2.38 bits per heavy atom. The van der Waals surface area contributed by atoms with Gasteiger partial charge in [-0.25, -0.2) is 0 Å². The van der Waals surface area contributed by atoms with Crippen molar-refractivity contribution in [2.45, 2.75) is 24.9 Å². The Labute approximate surface area is 101 Å². The maximum Gasteiger partial charge on any atom is 0.411 e. The van der Waals surface area contributed by atoms with Gasteiger partial charge in [0.05, 0.1) is 24.1 Å². The van der Waals surface area contributed by atoms with Gasteiger partial charge in [-0.1, -0.05) is 12.2 Å². The van der Waals surface area contributed by atoms with E-state index >= 15 is 0 Å². The van der Waals surface area contributed by atoms with Crippen LogP contribution >= 0.6 is 12.0 Å². The molecule has 16 heavy (non-hydrogen) atoms. The van der Waals surface area contributed by atoms with E-state index in [1.807, 2.05) is 12.2 Å². The molecule has 83 valence electrons. The summed E-state index contributed by atoms with van der Waals surface area (Å²) in [5.74, 6) is 0. The molecule has 8 heteroatoms. The molecular weight excluding hydrogens is 226 g/mol. The second-order valence-corrected chi connectivity index (χ2v) is 3.95. The minimum Gasteiger partial charge on any atom is -0.357 e. The van der Waals surface area contributed by atoms with Crippen LogP contribution in [0.2, 0.25) is 0 Å². The number of carbonyl (C=O) groups excluding carboxylic acids is 2. The van der Waals surface area contributed by atoms with Crippen LogP contribution in [0.1, 0.15) is 12.8 Å². The number of nitrogens with one attached hydrogen (secondary N) is 2. The van der Waals surface area contributed by atoms with Crippen LogP contribution in [0.4, 0.5) is 0 Å². The molecule has 0 unspecified atom stereocenters. The van der Waals surface area contributed by atoms with Crippen LogP contribution in [0, 0.1) is 0 Å². The van der Waals surface area contributed by atoms with Crippen LogP contribution in [0.5, 0.6) is 0 Å². The lowest BCUT2D eigenvalue weighted by Gasteiger charge is -2.11. The van der Waals surface area contributed by atoms with Crippen LogP contribution in [0.15, 0.2) is 12.2 Å². The smallest absolute Gasteiger partial charge is 0.357 e. The molecule has 1 rings (SSSR count). The lowest BCUT2D eigenvalue weighted by Crippen LogP contribution is -2.35. The van der Waals surface area contributed by atoms with E-state index in [2.05, 4.69) is 10.5 Å². The van der Waals surface area contributed by atoms with Gasteiger partial charge in [0.25, 0.3) is 0 Å². The zero-order valence-corrected chi connectivity index (χ0v) is 9.41. The third-order valence-corrected chi connectivity index (χ3v) is 2.68. The monoisotopic (exact) mass is 237 g/mol. The van der Waals surface area contributed by atoms with Crippen molar-refractivity contribution in [2.75, 3.05) is 0 Å². The Bertz CT molecular complexity index is 278. The molecule has 3 radical (unpaired) electrons. The van der Waals surface area contributed by atoms with Gasteiger partial charge in [-0.2, -0.15) is 0 Å². The molecule has 0 aromatic carbocycles. The largest absolute Gasteiger partial charge is 0.411 e. The van der Waals surface area contributed by atoms with Gasteiger partial charge in [0, 0.05) is 0 Å². The van der Waals surface area contributed by atoms with Gasteiger partial charge in [0.1, 0.15) is 6.29 Å². The number of hydrogen-bond donors (Lipinski definition) is 2. The molecule has 1 aliphatic heterocycles. The Balaban J connectivity index is 2.57. The van der Waals surface area contributed by atoms with Crippen LogP contribution < -0.4 is 10.5 Å². The van der Waals surface area contributed by atoms with E-state index in [9.17, 15) is 9.59 Å². The second kappa shape index (κ2) is 7.67. The molecule has 2 atom stereocenters. The zero-order chi connectivity index (χ0) is 11.8. The highest BCUT2D eigenvalue weighted by Gasteiger charge is 2.17. The van der Waals surface area contributed by atoms with Crippen LogP contribution in [-0.2, 0) is 13.7 Å². The molecule has 0 saturated carbocycles. The number of aldehydes is 1. The molecule has 1 heterocycles. The van der Waals surface area contributed by atoms with Crippen LogP contribution in [0.25, 0.3) is 0 Å². The first-order valence-electron chi connectivity index (χ1n) is 4.79. The van der Waals surface area contributed by atoms with E-state index < -0.39 is 6.04 Å². The van der Waals surface area contributed by atoms with Crippen molar-refractivity contribution in [3.8, 4) is 0 Å². The van der Waals surface area contributed by atoms with E-state index in [0.29, 0.717) is 24.9 Å². The van der Waals surface area contributed by atoms with Gasteiger partial charge in [-0.05, 0) is 12.8 Å². The first kappa shape index (κ1) is 13.5. The van der Waals surface area contributed by atoms with Gasteiger partial charge in [0.2, 0.25) is 5.12 Å². The van der Waals surface area contributed by atoms with Crippen molar-refractivity contribution in [3.63, 3.8) is 0 Å². The van der Waals surface area contributed by atoms with E-state index in [4.69, 9.17) is 12.1 Å². The highest BCUT2D eigenvalue weighted by molar-refractivity contribution is 8.10. The molecule has 0 saturated heterocycles. The summed E-state index contributed by atoms with van der Waals surface area (Å²) in [5, 5.41) is 4.93. The molecule has 0 bridgehead atoms. The summed E-state index contributed by atoms with van der Waals surface area (Å²) >= 11 is 0.680. The Hall–Kier alpha value is -0.560. The number of hydrogen-bond acceptors (Lipinski definition) is 6. The average Bonchev–Trinajstić information content (AvgIpc) is 2.34. The van der Waals surface area contributed by atoms with Gasteiger partial charge < -0.3 is 19.4 Å². The summed E-state index contributed by atoms with van der Waals surface area (Å²) in [6.07, 6.45) is 5.43. The minimum absolute atomic E-state index is 0.213. The lowest BCUT2D eigenvalue weighted by atomic mass is 10.1. The SMILES string of the molecule is [B]N[C@H]1C/C=C\C[C@@H](C=O)N[B]OSC1=O. The number of carbonyl (C=O) groups is 2. The average molecular weight is 237 g/mol. The summed E-state index contributed by atoms with van der Waals surface area (Å²) in [7, 11) is 6.47. The third kappa shape index (κ3) is 4.52. The van der Waals surface area contributed by atoms with Gasteiger partial charge in [0.15, 0.2) is 7.98 Å². The molecule has 1 aliphatic rings. The molecule has 0 amide bonds. The summed E-state index contributed by atoms with van der Waals surface area (Å²) in [6.45, 7) is 0. The molecule has 2 N–H and O–H groups in total. The Morgan fingerprint density at radius 3 is 3.06 bits per heavy atom. The van der Waals surface area contributed by atoms with Crippen molar-refractivity contribution in [1.82, 2.24) is 10.5 Å². The number of rotatable bonds is 2. The van der Waals surface area contributed by atoms with Gasteiger partial charge >= 0.3 is 7.62 Å². The second-order valence-electron chi connectivity index (χ2n) is 3.19. The highest BCUT2D eigenvalue weighted by Crippen LogP contribution is 2.10. The maximum atomic E-state index is 11.5. The maximum absolute atomic E-state index is 11.5. The van der Waals surface area contributed by atoms with Gasteiger partial charge in [-0.15, -0.1) is 0 Å². The zero-order valence-electron chi connectivity index (χ0n) is 8.59. The first-order valence-corrected chi connectivity index (χ1v) is 5.53. The molecule has 0 aromatic rings. The Morgan fingerprint density at radius 1 is 1.62 bits per heavy atom. The van der Waals surface area contributed by atoms with Crippen molar-refractivity contribution in [2.24, 2.45) is 0 Å². The Kier molecular flexibility index (Phi) is 6.47. The standard InChI is InChI=1S/C8H11B2N2O3S/c9-11-7-4-2-1-3-6(5-13)12-10-15-16-8(7)14/h1-2,5-7,11-12H,3-4H2/b2-1-/t6-,7-/m0/s1. The predicted octanol–water partition coefficient (Wildman–Crippen LogP) is -0.739. The van der Waals surface area contributed by atoms with Crippen molar-refractivity contribution >= 4 is 39.0 Å². The fraction of sp³-hybridized carbons (Fsp3) is 0.500. The molecule has 0 aromatic heterocycles. The summed E-state index contributed by atoms with van der Waals surface area (Å²) in [5.41, 5.74) is 0. The molecule has 0 fully saturated rings. The topological polar surface area (TPSA) is 67.4 Å². The first-order chi connectivity index (χ1) is 7.77. The van der Waals surface area contributed by atoms with Crippen LogP contribution in [0.3, 0.4) is 0 Å². The summed E-state index contributed by atoms with van der Waals surface area (Å²) < 4.78 is 4.89. The quantitative estimate of drug-likeness (QED) is 0.285.